The molecule has 0 heterocycles. The second-order valence-electron chi connectivity index (χ2n) is 28.4. The third kappa shape index (κ3) is 51.1. The normalized spacial score (nSPS) is 10.9. The summed E-state index contributed by atoms with van der Waals surface area (Å²) in [4.78, 5) is 24.5. The number of hydrogen-bond acceptors (Lipinski definition) is 0. The van der Waals surface area contributed by atoms with E-state index in [2.05, 4.69) is 546 Å². The van der Waals surface area contributed by atoms with Crippen LogP contribution in [0.2, 0.25) is 0 Å². The van der Waals surface area contributed by atoms with Gasteiger partial charge in [-0.15, -0.1) is 0 Å². The Labute approximate surface area is 840 Å². The van der Waals surface area contributed by atoms with Crippen molar-refractivity contribution in [3.63, 3.8) is 0 Å². The molecule has 18 aromatic carbocycles. The minimum atomic E-state index is -6.00. The van der Waals surface area contributed by atoms with Crippen LogP contribution in [0.15, 0.2) is 634 Å². The van der Waals surface area contributed by atoms with E-state index >= 15 is 0 Å². The zero-order valence-electron chi connectivity index (χ0n) is 75.9. The van der Waals surface area contributed by atoms with Crippen molar-refractivity contribution in [1.82, 2.24) is 0 Å². The molecule has 0 unspecified atom stereocenters. The molecule has 0 bridgehead atoms. The highest BCUT2D eigenvalue weighted by Gasteiger charge is 2.35. The smallest absolute Gasteiger partial charge is 0.418 e. The van der Waals surface area contributed by atoms with Crippen LogP contribution >= 0.6 is 0 Å². The summed E-state index contributed by atoms with van der Waals surface area (Å²) in [6.07, 6.45) is 0. The van der Waals surface area contributed by atoms with Gasteiger partial charge in [-0.05, 0) is 218 Å². The van der Waals surface area contributed by atoms with Gasteiger partial charge in [-0.1, -0.05) is 328 Å². The van der Waals surface area contributed by atoms with Crippen molar-refractivity contribution >= 4 is 109 Å². The first-order valence-corrected chi connectivity index (χ1v) is 50.7. The van der Waals surface area contributed by atoms with Gasteiger partial charge in [0.2, 0.25) is 0 Å². The van der Waals surface area contributed by atoms with E-state index in [4.69, 9.17) is 0 Å². The molecule has 0 saturated carbocycles. The van der Waals surface area contributed by atoms with E-state index in [1.807, 2.05) is 0 Å². The molecule has 144 heavy (non-hydrogen) atoms. The first-order chi connectivity index (χ1) is 68.7. The molecule has 0 radical (unpaired) electrons. The van der Waals surface area contributed by atoms with Crippen LogP contribution in [0.1, 0.15) is 0 Å². The topological polar surface area (TPSA) is 0 Å². The van der Waals surface area contributed by atoms with E-state index < -0.39 is 43.5 Å². The molecule has 18 aromatic rings. The molecule has 36 heteroatoms. The first-order valence-electron chi connectivity index (χ1n) is 43.3. The average Bonchev–Trinajstić information content (AvgIpc) is 0.844. The maximum Gasteiger partial charge on any atom is 0.673 e. The van der Waals surface area contributed by atoms with Crippen molar-refractivity contribution in [2.24, 2.45) is 0 Å². The summed E-state index contributed by atoms with van der Waals surface area (Å²) in [5.41, 5.74) is 0. The average molecular weight is 2100 g/mol. The zero-order valence-corrected chi connectivity index (χ0v) is 80.8. The second-order valence-corrected chi connectivity index (χ2v) is 40.6. The van der Waals surface area contributed by atoms with E-state index in [1.165, 1.54) is 88.1 Å². The van der Waals surface area contributed by atoms with Gasteiger partial charge in [0.1, 0.15) is 0 Å². The zero-order chi connectivity index (χ0) is 104. The van der Waals surface area contributed by atoms with Crippen molar-refractivity contribution in [2.75, 3.05) is 0 Å². The molecule has 0 saturated heterocycles. The van der Waals surface area contributed by atoms with Crippen molar-refractivity contribution in [3.05, 3.63) is 546 Å². The van der Waals surface area contributed by atoms with Crippen LogP contribution in [0.3, 0.4) is 0 Å². The summed E-state index contributed by atoms with van der Waals surface area (Å²) >= 11 is 0. The minimum absolute atomic E-state index is 0.0146. The molecule has 0 amide bonds. The van der Waals surface area contributed by atoms with Crippen LogP contribution in [-0.4, -0.2) is 43.5 Å². The summed E-state index contributed by atoms with van der Waals surface area (Å²) in [5, 5.41) is 0. The maximum atomic E-state index is 9.75. The Hall–Kier alpha value is -13.2. The quantitative estimate of drug-likeness (QED) is 0.0456. The lowest BCUT2D eigenvalue weighted by Gasteiger charge is -2.07. The molecule has 0 aliphatic heterocycles. The van der Waals surface area contributed by atoms with Crippen LogP contribution in [-0.2, 0) is 65.4 Å². The molecule has 0 aliphatic carbocycles. The van der Waals surface area contributed by atoms with Gasteiger partial charge < -0.3 is 104 Å². The second kappa shape index (κ2) is 63.0. The van der Waals surface area contributed by atoms with E-state index in [0.29, 0.717) is 0 Å². The summed E-state index contributed by atoms with van der Waals surface area (Å²) in [5.74, 6) is 0. The highest BCUT2D eigenvalue weighted by Crippen LogP contribution is 2.38. The SMILES string of the molecule is F[B-](F)(F)F.F[B-](F)(F)F.F[B-](F)(F)F.F[B-](F)(F)F.F[B-](F)(F)F.F[B-](F)(F)F.c1ccc([S+](c2ccccc2)c2ccccc2)cc1.c1ccc([S+](c2ccccc2)c2ccccc2)cc1.c1ccc([S+](c2ccccc2)c2ccccc2)cc1.c1ccc([S+](c2ccccc2)c2ccccc2)cc1.c1ccc([S+](c2ccccc2)c2ccccc2)cc1.c1ccc([S+](c2ccccc2)c2ccccc2)cc1. The molecule has 0 nitrogen and oxygen atoms in total. The summed E-state index contributed by atoms with van der Waals surface area (Å²) in [7, 11) is -36.1. The van der Waals surface area contributed by atoms with Crippen molar-refractivity contribution in [1.29, 1.82) is 0 Å². The molecule has 18 rings (SSSR count). The van der Waals surface area contributed by atoms with Gasteiger partial charge in [0, 0.05) is 0 Å². The molecule has 0 fully saturated rings. The Morgan fingerprint density at radius 3 is 0.146 bits per heavy atom. The van der Waals surface area contributed by atoms with Gasteiger partial charge in [0.15, 0.2) is 88.1 Å². The van der Waals surface area contributed by atoms with Crippen molar-refractivity contribution in [3.8, 4) is 0 Å². The Morgan fingerprint density at radius 1 is 0.0764 bits per heavy atom. The summed E-state index contributed by atoms with van der Waals surface area (Å²) in [6.45, 7) is 0. The molecule has 0 aliphatic rings. The van der Waals surface area contributed by atoms with Gasteiger partial charge in [0.25, 0.3) is 0 Å². The monoisotopic (exact) mass is 2100 g/mol. The van der Waals surface area contributed by atoms with Crippen LogP contribution in [0, 0.1) is 0 Å². The largest absolute Gasteiger partial charge is 0.673 e. The van der Waals surface area contributed by atoms with E-state index in [1.54, 1.807) is 0 Å². The van der Waals surface area contributed by atoms with Gasteiger partial charge in [-0.3, -0.25) is 0 Å². The standard InChI is InChI=1S/6C18H15S.6BF4/c6*1-4-10-16(11-5-1)19(17-12-6-2-7-13-17)18-14-8-3-9-15-18;6*2-1(3,4)5/h6*1-15H;;;;;;/q6*+1;6*-1. The third-order valence-corrected chi connectivity index (χ3v) is 31.0. The van der Waals surface area contributed by atoms with E-state index in [9.17, 15) is 104 Å². The fourth-order valence-corrected chi connectivity index (χ4v) is 25.1. The predicted octanol–water partition coefficient (Wildman–Crippen LogP) is 36.5. The molecular weight excluding hydrogens is 2010 g/mol. The van der Waals surface area contributed by atoms with Gasteiger partial charge >= 0.3 is 43.5 Å². The fraction of sp³-hybridized carbons (Fsp3) is 0. The number of rotatable bonds is 18. The molecule has 744 valence electrons. The van der Waals surface area contributed by atoms with Gasteiger partial charge in [0.05, 0.1) is 65.4 Å². The third-order valence-electron chi connectivity index (χ3n) is 17.6. The van der Waals surface area contributed by atoms with E-state index in [0.717, 1.165) is 0 Å². The minimum Gasteiger partial charge on any atom is -0.418 e. The molecule has 0 N–H and O–H groups in total. The van der Waals surface area contributed by atoms with Crippen molar-refractivity contribution < 1.29 is 104 Å². The Kier molecular flexibility index (Phi) is 51.5. The van der Waals surface area contributed by atoms with Crippen molar-refractivity contribution in [2.45, 2.75) is 88.1 Å². The fourth-order valence-electron chi connectivity index (χ4n) is 12.5. The number of benzene rings is 18. The van der Waals surface area contributed by atoms with Crippen LogP contribution in [0.5, 0.6) is 0 Å². The highest BCUT2D eigenvalue weighted by atomic mass is 32.2. The van der Waals surface area contributed by atoms with E-state index in [-0.39, 0.29) is 65.4 Å². The maximum absolute atomic E-state index is 9.75. The van der Waals surface area contributed by atoms with Crippen LogP contribution in [0.25, 0.3) is 0 Å². The lowest BCUT2D eigenvalue weighted by molar-refractivity contribution is 0.366. The molecular formula is C108H90B6F24S6. The Morgan fingerprint density at radius 2 is 0.111 bits per heavy atom. The Balaban J connectivity index is 0.000000221. The summed E-state index contributed by atoms with van der Waals surface area (Å²) < 4.78 is 234. The molecule has 0 aromatic heterocycles. The lowest BCUT2D eigenvalue weighted by atomic mass is 10.3. The summed E-state index contributed by atoms with van der Waals surface area (Å²) in [6, 6.07) is 193. The van der Waals surface area contributed by atoms with Gasteiger partial charge in [-0.2, -0.15) is 0 Å². The number of hydrogen-bond donors (Lipinski definition) is 0. The van der Waals surface area contributed by atoms with Crippen LogP contribution < -0.4 is 0 Å². The lowest BCUT2D eigenvalue weighted by Crippen LogP contribution is -2.04. The first kappa shape index (κ1) is 118. The molecule has 0 atom stereocenters. The van der Waals surface area contributed by atoms with Gasteiger partial charge in [-0.25, -0.2) is 0 Å². The Bertz CT molecular complexity index is 4720. The van der Waals surface area contributed by atoms with Crippen LogP contribution in [0.4, 0.5) is 104 Å². The highest BCUT2D eigenvalue weighted by molar-refractivity contribution is 7.98. The molecule has 0 spiro atoms. The number of halogens is 24. The predicted molar refractivity (Wildman–Crippen MR) is 550 cm³/mol.